The molecule has 1 fully saturated rings. The molecule has 7 heteroatoms. The summed E-state index contributed by atoms with van der Waals surface area (Å²) >= 11 is 0. The van der Waals surface area contributed by atoms with E-state index in [1.165, 1.54) is 17.7 Å². The Morgan fingerprint density at radius 1 is 1.17 bits per heavy atom. The number of carbonyl (C=O) groups excluding carboxylic acids is 2. The SMILES string of the molecule is CCCCc1ccc(N2C[C@H](C(=O)Nc3cccc(C(F)(F)F)c3)CC2=O)cc1. The van der Waals surface area contributed by atoms with E-state index >= 15 is 0 Å². The highest BCUT2D eigenvalue weighted by atomic mass is 19.4. The van der Waals surface area contributed by atoms with Gasteiger partial charge in [0.05, 0.1) is 11.5 Å². The van der Waals surface area contributed by atoms with Crippen LogP contribution in [-0.4, -0.2) is 18.4 Å². The number of nitrogens with zero attached hydrogens (tertiary/aromatic N) is 1. The van der Waals surface area contributed by atoms with Crippen molar-refractivity contribution in [3.63, 3.8) is 0 Å². The van der Waals surface area contributed by atoms with E-state index in [2.05, 4.69) is 12.2 Å². The Morgan fingerprint density at radius 2 is 1.90 bits per heavy atom. The maximum absolute atomic E-state index is 12.8. The van der Waals surface area contributed by atoms with E-state index in [0.717, 1.165) is 37.1 Å². The Bertz CT molecular complexity index is 878. The number of unbranched alkanes of at least 4 members (excludes halogenated alkanes) is 1. The van der Waals surface area contributed by atoms with Crippen molar-refractivity contribution >= 4 is 23.2 Å². The minimum absolute atomic E-state index is 0.0301. The molecule has 2 amide bonds. The molecule has 0 spiro atoms. The first-order valence-electron chi connectivity index (χ1n) is 9.65. The van der Waals surface area contributed by atoms with Crippen LogP contribution in [0.2, 0.25) is 0 Å². The van der Waals surface area contributed by atoms with Crippen LogP contribution in [0.15, 0.2) is 48.5 Å². The molecule has 3 rings (SSSR count). The number of hydrogen-bond donors (Lipinski definition) is 1. The summed E-state index contributed by atoms with van der Waals surface area (Å²) in [4.78, 5) is 26.4. The fraction of sp³-hybridized carbons (Fsp3) is 0.364. The number of halogens is 3. The molecule has 1 aliphatic rings. The van der Waals surface area contributed by atoms with Gasteiger partial charge in [-0.15, -0.1) is 0 Å². The van der Waals surface area contributed by atoms with Gasteiger partial charge >= 0.3 is 6.18 Å². The van der Waals surface area contributed by atoms with Crippen LogP contribution in [0, 0.1) is 5.92 Å². The van der Waals surface area contributed by atoms with Crippen LogP contribution in [0.25, 0.3) is 0 Å². The third-order valence-corrected chi connectivity index (χ3v) is 5.02. The molecule has 2 aromatic rings. The van der Waals surface area contributed by atoms with Gasteiger partial charge in [-0.05, 0) is 48.7 Å². The standard InChI is InChI=1S/C22H23F3N2O2/c1-2-3-5-15-8-10-19(11-9-15)27-14-16(12-20(27)28)21(29)26-18-7-4-6-17(13-18)22(23,24)25/h4,6-11,13,16H,2-3,5,12,14H2,1H3,(H,26,29)/t16-/m1/s1. The molecule has 2 aromatic carbocycles. The highest BCUT2D eigenvalue weighted by Gasteiger charge is 2.35. The first kappa shape index (κ1) is 20.9. The average molecular weight is 404 g/mol. The van der Waals surface area contributed by atoms with Gasteiger partial charge in [0.1, 0.15) is 0 Å². The number of carbonyl (C=O) groups is 2. The minimum atomic E-state index is -4.48. The molecule has 1 saturated heterocycles. The van der Waals surface area contributed by atoms with Gasteiger partial charge in [-0.25, -0.2) is 0 Å². The average Bonchev–Trinajstić information content (AvgIpc) is 3.08. The molecule has 1 aliphatic heterocycles. The zero-order valence-electron chi connectivity index (χ0n) is 16.1. The van der Waals surface area contributed by atoms with E-state index in [0.29, 0.717) is 0 Å². The lowest BCUT2D eigenvalue weighted by molar-refractivity contribution is -0.137. The predicted octanol–water partition coefficient (Wildman–Crippen LogP) is 5.04. The summed E-state index contributed by atoms with van der Waals surface area (Å²) in [5, 5.41) is 2.50. The number of nitrogens with one attached hydrogen (secondary N) is 1. The minimum Gasteiger partial charge on any atom is -0.326 e. The highest BCUT2D eigenvalue weighted by molar-refractivity contribution is 6.03. The van der Waals surface area contributed by atoms with E-state index in [-0.39, 0.29) is 24.6 Å². The molecule has 0 bridgehead atoms. The predicted molar refractivity (Wildman–Crippen MR) is 106 cm³/mol. The summed E-state index contributed by atoms with van der Waals surface area (Å²) in [6, 6.07) is 12.2. The number of benzene rings is 2. The van der Waals surface area contributed by atoms with E-state index < -0.39 is 23.6 Å². The van der Waals surface area contributed by atoms with E-state index in [1.807, 2.05) is 24.3 Å². The maximum atomic E-state index is 12.8. The van der Waals surface area contributed by atoms with Crippen LogP contribution in [0.1, 0.15) is 37.3 Å². The third kappa shape index (κ3) is 5.16. The number of anilines is 2. The topological polar surface area (TPSA) is 49.4 Å². The van der Waals surface area contributed by atoms with Crippen molar-refractivity contribution in [3.8, 4) is 0 Å². The van der Waals surface area contributed by atoms with E-state index in [4.69, 9.17) is 0 Å². The van der Waals surface area contributed by atoms with E-state index in [9.17, 15) is 22.8 Å². The van der Waals surface area contributed by atoms with Gasteiger partial charge < -0.3 is 10.2 Å². The first-order valence-corrected chi connectivity index (χ1v) is 9.65. The fourth-order valence-electron chi connectivity index (χ4n) is 3.37. The van der Waals surface area contributed by atoms with Crippen LogP contribution in [0.5, 0.6) is 0 Å². The molecule has 1 N–H and O–H groups in total. The molecule has 0 aromatic heterocycles. The molecular weight excluding hydrogens is 381 g/mol. The zero-order valence-corrected chi connectivity index (χ0v) is 16.1. The molecule has 154 valence electrons. The Kier molecular flexibility index (Phi) is 6.25. The molecule has 0 saturated carbocycles. The number of aryl methyl sites for hydroxylation is 1. The molecular formula is C22H23F3N2O2. The lowest BCUT2D eigenvalue weighted by atomic mass is 10.1. The quantitative estimate of drug-likeness (QED) is 0.733. The summed E-state index contributed by atoms with van der Waals surface area (Å²) in [5.74, 6) is -1.24. The summed E-state index contributed by atoms with van der Waals surface area (Å²) in [7, 11) is 0. The molecule has 0 aliphatic carbocycles. The molecule has 0 unspecified atom stereocenters. The Balaban J connectivity index is 1.64. The Labute approximate surface area is 167 Å². The number of alkyl halides is 3. The first-order chi connectivity index (χ1) is 13.8. The van der Waals surface area contributed by atoms with Gasteiger partial charge in [-0.1, -0.05) is 31.5 Å². The number of hydrogen-bond acceptors (Lipinski definition) is 2. The van der Waals surface area contributed by atoms with Crippen molar-refractivity contribution in [2.75, 3.05) is 16.8 Å². The van der Waals surface area contributed by atoms with Crippen molar-refractivity contribution in [3.05, 3.63) is 59.7 Å². The second-order valence-electron chi connectivity index (χ2n) is 7.24. The lowest BCUT2D eigenvalue weighted by Crippen LogP contribution is -2.28. The van der Waals surface area contributed by atoms with Gasteiger partial charge in [-0.2, -0.15) is 13.2 Å². The van der Waals surface area contributed by atoms with Crippen molar-refractivity contribution in [2.45, 2.75) is 38.8 Å². The van der Waals surface area contributed by atoms with Crippen molar-refractivity contribution in [1.29, 1.82) is 0 Å². The third-order valence-electron chi connectivity index (χ3n) is 5.02. The summed E-state index contributed by atoms with van der Waals surface area (Å²) in [5.41, 5.74) is 1.16. The molecule has 1 heterocycles. The van der Waals surface area contributed by atoms with Gasteiger partial charge in [0.2, 0.25) is 11.8 Å². The smallest absolute Gasteiger partial charge is 0.326 e. The fourth-order valence-corrected chi connectivity index (χ4v) is 3.37. The summed E-state index contributed by atoms with van der Waals surface area (Å²) in [6.07, 6.45) is -1.27. The van der Waals surface area contributed by atoms with Crippen LogP contribution in [0.3, 0.4) is 0 Å². The van der Waals surface area contributed by atoms with Gasteiger partial charge in [0, 0.05) is 24.3 Å². The number of rotatable bonds is 6. The highest BCUT2D eigenvalue weighted by Crippen LogP contribution is 2.31. The molecule has 29 heavy (non-hydrogen) atoms. The van der Waals surface area contributed by atoms with Crippen LogP contribution in [-0.2, 0) is 22.2 Å². The van der Waals surface area contributed by atoms with E-state index in [1.54, 1.807) is 4.90 Å². The Morgan fingerprint density at radius 3 is 2.55 bits per heavy atom. The van der Waals surface area contributed by atoms with Crippen molar-refractivity contribution in [2.24, 2.45) is 5.92 Å². The van der Waals surface area contributed by atoms with Crippen LogP contribution >= 0.6 is 0 Å². The molecule has 1 atom stereocenters. The lowest BCUT2D eigenvalue weighted by Gasteiger charge is -2.17. The normalized spacial score (nSPS) is 16.9. The van der Waals surface area contributed by atoms with Crippen molar-refractivity contribution < 1.29 is 22.8 Å². The van der Waals surface area contributed by atoms with Gasteiger partial charge in [0.15, 0.2) is 0 Å². The monoisotopic (exact) mass is 404 g/mol. The second kappa shape index (κ2) is 8.68. The maximum Gasteiger partial charge on any atom is 0.416 e. The van der Waals surface area contributed by atoms with Crippen LogP contribution < -0.4 is 10.2 Å². The Hall–Kier alpha value is -2.83. The summed E-state index contributed by atoms with van der Waals surface area (Å²) in [6.45, 7) is 2.33. The van der Waals surface area contributed by atoms with Gasteiger partial charge in [-0.3, -0.25) is 9.59 Å². The number of amides is 2. The van der Waals surface area contributed by atoms with Crippen LogP contribution in [0.4, 0.5) is 24.5 Å². The summed E-state index contributed by atoms with van der Waals surface area (Å²) < 4.78 is 38.5. The van der Waals surface area contributed by atoms with Crippen molar-refractivity contribution in [1.82, 2.24) is 0 Å². The molecule has 0 radical (unpaired) electrons. The second-order valence-corrected chi connectivity index (χ2v) is 7.24. The zero-order chi connectivity index (χ0) is 21.0. The molecule has 4 nitrogen and oxygen atoms in total. The van der Waals surface area contributed by atoms with Gasteiger partial charge in [0.25, 0.3) is 0 Å². The largest absolute Gasteiger partial charge is 0.416 e.